The second-order valence-electron chi connectivity index (χ2n) is 17.4. The first-order chi connectivity index (χ1) is 32.8. The van der Waals surface area contributed by atoms with E-state index >= 15 is 0 Å². The van der Waals surface area contributed by atoms with Crippen LogP contribution in [0.25, 0.3) is 0 Å². The molecular formula is C47H85O19P3. The Morgan fingerprint density at radius 3 is 1.33 bits per heavy atom. The van der Waals surface area contributed by atoms with Crippen LogP contribution in [0.5, 0.6) is 0 Å². The summed E-state index contributed by atoms with van der Waals surface area (Å²) in [6.07, 6.45) is 25.6. The molecule has 1 fully saturated rings. The summed E-state index contributed by atoms with van der Waals surface area (Å²) in [6, 6.07) is 0. The molecule has 19 nitrogen and oxygen atoms in total. The van der Waals surface area contributed by atoms with Crippen LogP contribution in [0, 0.1) is 0 Å². The number of aliphatic hydroxyl groups is 3. The highest BCUT2D eigenvalue weighted by molar-refractivity contribution is 7.47. The van der Waals surface area contributed by atoms with Gasteiger partial charge in [-0.2, -0.15) is 0 Å². The van der Waals surface area contributed by atoms with Crippen LogP contribution < -0.4 is 0 Å². The van der Waals surface area contributed by atoms with Crippen molar-refractivity contribution in [2.24, 2.45) is 0 Å². The summed E-state index contributed by atoms with van der Waals surface area (Å²) in [5.74, 6) is -1.36. The molecule has 0 radical (unpaired) electrons. The summed E-state index contributed by atoms with van der Waals surface area (Å²) in [6.45, 7) is 2.88. The van der Waals surface area contributed by atoms with Crippen LogP contribution in [0.2, 0.25) is 0 Å². The molecule has 0 aromatic heterocycles. The number of esters is 2. The van der Waals surface area contributed by atoms with Crippen molar-refractivity contribution in [3.05, 3.63) is 48.6 Å². The minimum Gasteiger partial charge on any atom is -0.462 e. The standard InChI is InChI=1S/C47H85O19P3/c1-3-5-7-9-11-13-15-17-19-20-22-24-26-28-30-32-34-36-41(49)63-39(37-61-40(48)35-33-31-29-27-25-23-21-18-16-14-12-10-8-6-4-2)38-62-69(59,60)66-45-42(50)43(51)46(64-67(53,54)55)47(44(45)52)65-68(56,57)58/h11,13,17,19,22,24,28,30,39,42-47,50-52H,3-10,12,14-16,18,20-21,23,25-27,29,31-38H2,1-2H3,(H,59,60)(H2,53,54,55)(H2,56,57,58)/b13-11?,19-17+,24-22-,30-28+/t39-,42-,43+,44+,45-,46-,47-/m1/s1. The molecule has 0 spiro atoms. The predicted octanol–water partition coefficient (Wildman–Crippen LogP) is 9.40. The third-order valence-electron chi connectivity index (χ3n) is 11.1. The number of allylic oxidation sites excluding steroid dienone is 8. The number of hydrogen-bond acceptors (Lipinski definition) is 14. The van der Waals surface area contributed by atoms with Gasteiger partial charge in [0.15, 0.2) is 6.10 Å². The van der Waals surface area contributed by atoms with Gasteiger partial charge in [0.25, 0.3) is 0 Å². The van der Waals surface area contributed by atoms with E-state index in [4.69, 9.17) is 18.5 Å². The van der Waals surface area contributed by atoms with Gasteiger partial charge in [-0.05, 0) is 51.4 Å². The Labute approximate surface area is 410 Å². The van der Waals surface area contributed by atoms with E-state index in [9.17, 15) is 63.1 Å². The van der Waals surface area contributed by atoms with E-state index in [1.165, 1.54) is 83.5 Å². The number of ether oxygens (including phenoxy) is 2. The van der Waals surface area contributed by atoms with Crippen LogP contribution in [-0.4, -0.2) is 108 Å². The minimum atomic E-state index is -5.61. The van der Waals surface area contributed by atoms with Gasteiger partial charge < -0.3 is 49.3 Å². The van der Waals surface area contributed by atoms with Crippen molar-refractivity contribution in [2.45, 2.75) is 224 Å². The van der Waals surface area contributed by atoms with E-state index in [0.29, 0.717) is 25.7 Å². The number of phosphoric ester groups is 3. The number of hydrogen-bond donors (Lipinski definition) is 8. The van der Waals surface area contributed by atoms with Gasteiger partial charge in [0, 0.05) is 12.8 Å². The number of aliphatic hydroxyl groups excluding tert-OH is 3. The number of unbranched alkanes of at least 4 members (excludes halogenated alkanes) is 18. The van der Waals surface area contributed by atoms with Crippen LogP contribution in [-0.2, 0) is 50.9 Å². The van der Waals surface area contributed by atoms with E-state index in [1.54, 1.807) is 0 Å². The summed E-state index contributed by atoms with van der Waals surface area (Å²) >= 11 is 0. The minimum absolute atomic E-state index is 0.0703. The number of phosphoric acid groups is 3. The Kier molecular flexibility index (Phi) is 36.5. The molecule has 1 rings (SSSR count). The summed E-state index contributed by atoms with van der Waals surface area (Å²) < 4.78 is 65.5. The third-order valence-corrected chi connectivity index (χ3v) is 13.2. The van der Waals surface area contributed by atoms with Gasteiger partial charge in [-0.3, -0.25) is 27.7 Å². The molecule has 1 aliphatic rings. The summed E-state index contributed by atoms with van der Waals surface area (Å²) in [4.78, 5) is 73.3. The number of rotatable bonds is 42. The molecule has 0 aromatic rings. The molecule has 0 bridgehead atoms. The van der Waals surface area contributed by atoms with Crippen molar-refractivity contribution in [2.75, 3.05) is 13.2 Å². The molecule has 0 saturated heterocycles. The Balaban J connectivity index is 2.75. The van der Waals surface area contributed by atoms with E-state index in [2.05, 4.69) is 53.3 Å². The van der Waals surface area contributed by atoms with E-state index in [0.717, 1.165) is 44.9 Å². The number of carbonyl (C=O) groups excluding carboxylic acids is 2. The molecule has 69 heavy (non-hydrogen) atoms. The lowest BCUT2D eigenvalue weighted by atomic mass is 9.85. The molecule has 8 atom stereocenters. The van der Waals surface area contributed by atoms with Crippen LogP contribution in [0.4, 0.5) is 0 Å². The molecule has 1 unspecified atom stereocenters. The summed E-state index contributed by atoms with van der Waals surface area (Å²) in [5.41, 5.74) is 0. The molecule has 1 aliphatic carbocycles. The largest absolute Gasteiger partial charge is 0.472 e. The maximum Gasteiger partial charge on any atom is 0.472 e. The van der Waals surface area contributed by atoms with Crippen molar-refractivity contribution >= 4 is 35.4 Å². The van der Waals surface area contributed by atoms with Crippen molar-refractivity contribution in [3.63, 3.8) is 0 Å². The van der Waals surface area contributed by atoms with Crippen molar-refractivity contribution in [1.82, 2.24) is 0 Å². The molecule has 0 heterocycles. The average Bonchev–Trinajstić information content (AvgIpc) is 3.28. The average molecular weight is 1050 g/mol. The van der Waals surface area contributed by atoms with E-state index in [-0.39, 0.29) is 12.8 Å². The fourth-order valence-electron chi connectivity index (χ4n) is 7.40. The van der Waals surface area contributed by atoms with Crippen LogP contribution in [0.1, 0.15) is 181 Å². The molecule has 0 aliphatic heterocycles. The quantitative estimate of drug-likeness (QED) is 0.0122. The first-order valence-electron chi connectivity index (χ1n) is 24.9. The zero-order valence-electron chi connectivity index (χ0n) is 40.9. The second kappa shape index (κ2) is 38.7. The normalized spacial score (nSPS) is 21.7. The van der Waals surface area contributed by atoms with Crippen molar-refractivity contribution < 1.29 is 90.6 Å². The molecule has 1 saturated carbocycles. The van der Waals surface area contributed by atoms with Gasteiger partial charge in [0.05, 0.1) is 6.61 Å². The molecule has 22 heteroatoms. The molecular weight excluding hydrogens is 961 g/mol. The Morgan fingerprint density at radius 2 is 0.855 bits per heavy atom. The molecule has 0 amide bonds. The number of carbonyl (C=O) groups is 2. The monoisotopic (exact) mass is 1050 g/mol. The van der Waals surface area contributed by atoms with Crippen LogP contribution in [0.3, 0.4) is 0 Å². The topological polar surface area (TPSA) is 303 Å². The highest BCUT2D eigenvalue weighted by atomic mass is 31.2. The highest BCUT2D eigenvalue weighted by Gasteiger charge is 2.56. The highest BCUT2D eigenvalue weighted by Crippen LogP contribution is 2.51. The summed E-state index contributed by atoms with van der Waals surface area (Å²) in [7, 11) is -16.6. The maximum absolute atomic E-state index is 13.1. The van der Waals surface area contributed by atoms with Gasteiger partial charge in [-0.1, -0.05) is 165 Å². The van der Waals surface area contributed by atoms with Gasteiger partial charge in [0.2, 0.25) is 0 Å². The lowest BCUT2D eigenvalue weighted by molar-refractivity contribution is -0.213. The zero-order valence-corrected chi connectivity index (χ0v) is 43.6. The fourth-order valence-corrected chi connectivity index (χ4v) is 9.50. The van der Waals surface area contributed by atoms with E-state index in [1.807, 2.05) is 18.2 Å². The smallest absolute Gasteiger partial charge is 0.462 e. The summed E-state index contributed by atoms with van der Waals surface area (Å²) in [5, 5.41) is 31.9. The fraction of sp³-hybridized carbons (Fsp3) is 0.787. The van der Waals surface area contributed by atoms with Crippen LogP contribution in [0.15, 0.2) is 48.6 Å². The lowest BCUT2D eigenvalue weighted by Crippen LogP contribution is -2.65. The predicted molar refractivity (Wildman–Crippen MR) is 261 cm³/mol. The van der Waals surface area contributed by atoms with Gasteiger partial charge in [-0.15, -0.1) is 0 Å². The van der Waals surface area contributed by atoms with Crippen molar-refractivity contribution in [1.29, 1.82) is 0 Å². The Bertz CT molecular complexity index is 1630. The Hall–Kier alpha value is -1.89. The van der Waals surface area contributed by atoms with E-state index < -0.39 is 91.3 Å². The molecule has 402 valence electrons. The van der Waals surface area contributed by atoms with Gasteiger partial charge in [-0.25, -0.2) is 13.7 Å². The first-order valence-corrected chi connectivity index (χ1v) is 29.5. The van der Waals surface area contributed by atoms with Gasteiger partial charge >= 0.3 is 35.4 Å². The Morgan fingerprint density at radius 1 is 0.464 bits per heavy atom. The maximum atomic E-state index is 13.1. The zero-order chi connectivity index (χ0) is 51.4. The second-order valence-corrected chi connectivity index (χ2v) is 21.2. The molecule has 8 N–H and O–H groups in total. The lowest BCUT2D eigenvalue weighted by Gasteiger charge is -2.44. The van der Waals surface area contributed by atoms with Crippen LogP contribution >= 0.6 is 23.5 Å². The third kappa shape index (κ3) is 35.0. The van der Waals surface area contributed by atoms with Crippen molar-refractivity contribution in [3.8, 4) is 0 Å². The first kappa shape index (κ1) is 65.1. The molecule has 0 aromatic carbocycles. The SMILES string of the molecule is CCCCCC=CC/C=C/C/C=C\C/C=C/CCCC(=O)O[C@H](COC(=O)CCCCCCCCCCCCCCCCC)COP(=O)(O)O[C@@H]1[C@H](O)[C@H](O)[C@@H](OP(=O)(O)O)[C@H](OP(=O)(O)O)[C@H]1O. The van der Waals surface area contributed by atoms with Gasteiger partial charge in [0.1, 0.15) is 43.2 Å².